The molecule has 0 bridgehead atoms. The first-order valence-electron chi connectivity index (χ1n) is 8.13. The number of thioether (sulfide) groups is 1. The van der Waals surface area contributed by atoms with E-state index in [4.69, 9.17) is 0 Å². The van der Waals surface area contributed by atoms with E-state index in [-0.39, 0.29) is 11.8 Å². The summed E-state index contributed by atoms with van der Waals surface area (Å²) in [7, 11) is 0. The quantitative estimate of drug-likeness (QED) is 0.839. The molecule has 0 saturated carbocycles. The topological polar surface area (TPSA) is 62.3 Å². The number of hydrogen-bond donors (Lipinski definition) is 1. The molecule has 1 saturated heterocycles. The number of anilines is 1. The number of pyridine rings is 1. The number of amides is 2. The molecule has 0 unspecified atom stereocenters. The van der Waals surface area contributed by atoms with Crippen molar-refractivity contribution in [3.63, 3.8) is 0 Å². The number of carbonyl (C=O) groups excluding carboxylic acids is 2. The first kappa shape index (κ1) is 16.4. The third-order valence-electron chi connectivity index (χ3n) is 4.22. The average Bonchev–Trinajstić information content (AvgIpc) is 3.08. The highest BCUT2D eigenvalue weighted by Crippen LogP contribution is 2.32. The molecule has 2 aromatic rings. The number of fused-ring (bicyclic) bond motifs is 1. The molecular weight excluding hydrogens is 354 g/mol. The molecular formula is C18H17N3O2S2. The van der Waals surface area contributed by atoms with Crippen molar-refractivity contribution in [3.8, 4) is 0 Å². The molecule has 2 aromatic heterocycles. The van der Waals surface area contributed by atoms with Gasteiger partial charge in [-0.2, -0.15) is 0 Å². The van der Waals surface area contributed by atoms with Crippen LogP contribution in [0.5, 0.6) is 0 Å². The zero-order valence-electron chi connectivity index (χ0n) is 13.5. The van der Waals surface area contributed by atoms with E-state index in [1.54, 1.807) is 29.7 Å². The number of rotatable bonds is 4. The lowest BCUT2D eigenvalue weighted by molar-refractivity contribution is -0.128. The normalized spacial score (nSPS) is 17.3. The van der Waals surface area contributed by atoms with E-state index in [9.17, 15) is 9.59 Å². The zero-order valence-corrected chi connectivity index (χ0v) is 15.1. The molecule has 0 spiro atoms. The van der Waals surface area contributed by atoms with E-state index < -0.39 is 0 Å². The number of carbonyl (C=O) groups is 2. The van der Waals surface area contributed by atoms with Crippen molar-refractivity contribution in [1.82, 2.24) is 9.88 Å². The number of likely N-dealkylation sites (tertiary alicyclic amines) is 1. The van der Waals surface area contributed by atoms with Crippen molar-refractivity contribution in [2.24, 2.45) is 0 Å². The van der Waals surface area contributed by atoms with Crippen LogP contribution in [0.25, 0.3) is 6.08 Å². The molecule has 2 aliphatic heterocycles. The molecule has 128 valence electrons. The fraction of sp³-hybridized carbons (Fsp3) is 0.278. The van der Waals surface area contributed by atoms with Gasteiger partial charge in [-0.25, -0.2) is 4.98 Å². The second-order valence-electron chi connectivity index (χ2n) is 6.07. The molecule has 0 radical (unpaired) electrons. The summed E-state index contributed by atoms with van der Waals surface area (Å²) in [6.45, 7) is 1.58. The third kappa shape index (κ3) is 3.77. The van der Waals surface area contributed by atoms with E-state index in [0.717, 1.165) is 24.2 Å². The molecule has 4 rings (SSSR count). The summed E-state index contributed by atoms with van der Waals surface area (Å²) in [4.78, 5) is 29.7. The molecule has 2 aliphatic rings. The van der Waals surface area contributed by atoms with Crippen LogP contribution in [0.15, 0.2) is 40.1 Å². The molecule has 0 aliphatic carbocycles. The summed E-state index contributed by atoms with van der Waals surface area (Å²) >= 11 is 3.59. The van der Waals surface area contributed by atoms with E-state index in [0.29, 0.717) is 23.9 Å². The Bertz CT molecular complexity index is 827. The first-order chi connectivity index (χ1) is 12.2. The Hall–Kier alpha value is -2.12. The summed E-state index contributed by atoms with van der Waals surface area (Å²) in [6.07, 6.45) is 6.26. The van der Waals surface area contributed by atoms with Gasteiger partial charge in [0, 0.05) is 37.0 Å². The second-order valence-corrected chi connectivity index (χ2v) is 8.62. The molecule has 1 fully saturated rings. The predicted octanol–water partition coefficient (Wildman–Crippen LogP) is 3.04. The molecule has 25 heavy (non-hydrogen) atoms. The number of hydrogen-bond acceptors (Lipinski definition) is 5. The Morgan fingerprint density at radius 2 is 2.28 bits per heavy atom. The lowest BCUT2D eigenvalue weighted by Gasteiger charge is -2.37. The summed E-state index contributed by atoms with van der Waals surface area (Å²) in [6, 6.07) is 6.15. The van der Waals surface area contributed by atoms with Crippen LogP contribution in [-0.4, -0.2) is 40.0 Å². The van der Waals surface area contributed by atoms with Crippen LogP contribution >= 0.6 is 23.1 Å². The number of aromatic nitrogens is 1. The second kappa shape index (κ2) is 7.01. The predicted molar refractivity (Wildman–Crippen MR) is 101 cm³/mol. The lowest BCUT2D eigenvalue weighted by atomic mass is 10.0. The van der Waals surface area contributed by atoms with Crippen molar-refractivity contribution in [2.75, 3.05) is 18.4 Å². The largest absolute Gasteiger partial charge is 0.337 e. The standard InChI is InChI=1S/C18H17N3O2S2/c22-15-5-4-13-8-12(9-19-18(13)20-15)3-6-16(23)21-10-14(11-21)25-17-2-1-7-24-17/h1-3,6-9,14H,4-5,10-11H2,(H,19,20,22)/b6-3+. The van der Waals surface area contributed by atoms with E-state index >= 15 is 0 Å². The summed E-state index contributed by atoms with van der Waals surface area (Å²) in [5.74, 6) is 0.677. The molecule has 4 heterocycles. The Labute approximate surface area is 154 Å². The minimum Gasteiger partial charge on any atom is -0.337 e. The number of nitrogens with zero attached hydrogens (tertiary/aromatic N) is 2. The van der Waals surface area contributed by atoms with Gasteiger partial charge in [0.15, 0.2) is 0 Å². The fourth-order valence-corrected chi connectivity index (χ4v) is 5.07. The van der Waals surface area contributed by atoms with E-state index in [1.807, 2.05) is 22.7 Å². The maximum absolute atomic E-state index is 12.2. The highest BCUT2D eigenvalue weighted by Gasteiger charge is 2.30. The van der Waals surface area contributed by atoms with E-state index in [1.165, 1.54) is 4.21 Å². The summed E-state index contributed by atoms with van der Waals surface area (Å²) in [5, 5.41) is 5.33. The Kier molecular flexibility index (Phi) is 4.59. The van der Waals surface area contributed by atoms with Gasteiger partial charge in [0.2, 0.25) is 11.8 Å². The smallest absolute Gasteiger partial charge is 0.246 e. The first-order valence-corrected chi connectivity index (χ1v) is 9.89. The minimum atomic E-state index is 0.00576. The number of thiophene rings is 1. The van der Waals surface area contributed by atoms with Crippen molar-refractivity contribution in [2.45, 2.75) is 22.3 Å². The lowest BCUT2D eigenvalue weighted by Crippen LogP contribution is -2.51. The van der Waals surface area contributed by atoms with Crippen molar-refractivity contribution in [1.29, 1.82) is 0 Å². The Balaban J connectivity index is 1.32. The van der Waals surface area contributed by atoms with Crippen LogP contribution in [0, 0.1) is 0 Å². The number of aryl methyl sites for hydroxylation is 1. The highest BCUT2D eigenvalue weighted by atomic mass is 32.2. The van der Waals surface area contributed by atoms with Crippen molar-refractivity contribution >= 4 is 46.8 Å². The van der Waals surface area contributed by atoms with Gasteiger partial charge < -0.3 is 10.2 Å². The average molecular weight is 371 g/mol. The van der Waals surface area contributed by atoms with Crippen LogP contribution in [0.2, 0.25) is 0 Å². The van der Waals surface area contributed by atoms with Crippen molar-refractivity contribution in [3.05, 3.63) is 47.0 Å². The maximum atomic E-state index is 12.2. The zero-order chi connectivity index (χ0) is 17.2. The van der Waals surface area contributed by atoms with Gasteiger partial charge >= 0.3 is 0 Å². The SMILES string of the molecule is O=C1CCc2cc(/C=C/C(=O)N3CC(Sc4cccs4)C3)cnc2N1. The van der Waals surface area contributed by atoms with Gasteiger partial charge in [0.1, 0.15) is 5.82 Å². The summed E-state index contributed by atoms with van der Waals surface area (Å²) < 4.78 is 1.31. The Morgan fingerprint density at radius 1 is 1.40 bits per heavy atom. The van der Waals surface area contributed by atoms with Crippen LogP contribution < -0.4 is 5.32 Å². The van der Waals surface area contributed by atoms with Gasteiger partial charge in [0.05, 0.1) is 4.21 Å². The molecule has 0 aromatic carbocycles. The Morgan fingerprint density at radius 3 is 3.08 bits per heavy atom. The van der Waals surface area contributed by atoms with E-state index in [2.05, 4.69) is 27.8 Å². The van der Waals surface area contributed by atoms with Crippen LogP contribution in [0.4, 0.5) is 5.82 Å². The van der Waals surface area contributed by atoms with Crippen LogP contribution in [0.3, 0.4) is 0 Å². The molecule has 5 nitrogen and oxygen atoms in total. The molecule has 1 N–H and O–H groups in total. The third-order valence-corrected chi connectivity index (χ3v) is 6.46. The van der Waals surface area contributed by atoms with Gasteiger partial charge in [0.25, 0.3) is 0 Å². The van der Waals surface area contributed by atoms with Gasteiger partial charge in [-0.15, -0.1) is 23.1 Å². The number of nitrogens with one attached hydrogen (secondary N) is 1. The molecule has 7 heteroatoms. The highest BCUT2D eigenvalue weighted by molar-refractivity contribution is 8.01. The van der Waals surface area contributed by atoms with Crippen LogP contribution in [-0.2, 0) is 16.0 Å². The molecule has 0 atom stereocenters. The van der Waals surface area contributed by atoms with Gasteiger partial charge in [-0.1, -0.05) is 6.07 Å². The maximum Gasteiger partial charge on any atom is 0.246 e. The monoisotopic (exact) mass is 371 g/mol. The van der Waals surface area contributed by atoms with Gasteiger partial charge in [-0.05, 0) is 41.1 Å². The van der Waals surface area contributed by atoms with Crippen LogP contribution in [0.1, 0.15) is 17.5 Å². The fourth-order valence-electron chi connectivity index (χ4n) is 2.83. The summed E-state index contributed by atoms with van der Waals surface area (Å²) in [5.41, 5.74) is 1.90. The van der Waals surface area contributed by atoms with Gasteiger partial charge in [-0.3, -0.25) is 9.59 Å². The molecule has 2 amide bonds. The van der Waals surface area contributed by atoms with Crippen molar-refractivity contribution < 1.29 is 9.59 Å². The minimum absolute atomic E-state index is 0.00576.